The fourth-order valence-electron chi connectivity index (χ4n) is 1.81. The zero-order chi connectivity index (χ0) is 11.1. The van der Waals surface area contributed by atoms with E-state index in [9.17, 15) is 4.21 Å². The zero-order valence-corrected chi connectivity index (χ0v) is 10.6. The summed E-state index contributed by atoms with van der Waals surface area (Å²) in [5.41, 5.74) is 1.19. The number of hydrogen-bond acceptors (Lipinski definition) is 2. The molecular formula is C12H22O2S. The molecule has 1 aliphatic heterocycles. The minimum atomic E-state index is -0.563. The van der Waals surface area contributed by atoms with Crippen molar-refractivity contribution in [2.45, 2.75) is 51.2 Å². The third-order valence-corrected chi connectivity index (χ3v) is 4.51. The topological polar surface area (TPSA) is 26.3 Å². The van der Waals surface area contributed by atoms with Gasteiger partial charge in [-0.05, 0) is 45.1 Å². The van der Waals surface area contributed by atoms with E-state index in [4.69, 9.17) is 4.74 Å². The second-order valence-corrected chi connectivity index (χ2v) is 6.25. The van der Waals surface area contributed by atoms with Gasteiger partial charge in [0.25, 0.3) is 0 Å². The fourth-order valence-corrected chi connectivity index (χ4v) is 3.49. The molecule has 1 heterocycles. The normalized spacial score (nSPS) is 26.0. The molecule has 0 aromatic heterocycles. The second-order valence-electron chi connectivity index (χ2n) is 4.41. The molecule has 0 bridgehead atoms. The van der Waals surface area contributed by atoms with Crippen molar-refractivity contribution in [2.75, 3.05) is 12.4 Å². The highest BCUT2D eigenvalue weighted by Crippen LogP contribution is 2.20. The Balaban J connectivity index is 2.08. The molecule has 1 aliphatic rings. The van der Waals surface area contributed by atoms with E-state index in [1.54, 1.807) is 6.26 Å². The van der Waals surface area contributed by atoms with Gasteiger partial charge in [-0.3, -0.25) is 4.21 Å². The van der Waals surface area contributed by atoms with Crippen LogP contribution in [-0.4, -0.2) is 21.8 Å². The molecule has 1 saturated heterocycles. The molecule has 0 spiro atoms. The molecule has 3 heteroatoms. The first-order valence-electron chi connectivity index (χ1n) is 5.82. The van der Waals surface area contributed by atoms with Crippen molar-refractivity contribution < 1.29 is 8.95 Å². The van der Waals surface area contributed by atoms with Crippen molar-refractivity contribution in [1.29, 1.82) is 0 Å². The summed E-state index contributed by atoms with van der Waals surface area (Å²) in [7, 11) is -0.563. The Labute approximate surface area is 95.5 Å². The van der Waals surface area contributed by atoms with E-state index >= 15 is 0 Å². The van der Waals surface area contributed by atoms with Crippen molar-refractivity contribution in [3.63, 3.8) is 0 Å². The minimum Gasteiger partial charge on any atom is -0.501 e. The van der Waals surface area contributed by atoms with Gasteiger partial charge in [0.15, 0.2) is 0 Å². The summed E-state index contributed by atoms with van der Waals surface area (Å²) in [6.07, 6.45) is 7.44. The van der Waals surface area contributed by atoms with Crippen LogP contribution in [0, 0.1) is 0 Å². The first-order valence-corrected chi connectivity index (χ1v) is 7.20. The van der Waals surface area contributed by atoms with E-state index in [0.717, 1.165) is 38.0 Å². The SMILES string of the molecule is CC(C)=COCCCC1CCCCS1=O. The first kappa shape index (κ1) is 12.8. The first-order chi connectivity index (χ1) is 7.20. The van der Waals surface area contributed by atoms with Crippen LogP contribution in [0.5, 0.6) is 0 Å². The van der Waals surface area contributed by atoms with Gasteiger partial charge in [0, 0.05) is 21.8 Å². The van der Waals surface area contributed by atoms with Gasteiger partial charge in [0.1, 0.15) is 0 Å². The summed E-state index contributed by atoms with van der Waals surface area (Å²) in [6.45, 7) is 4.81. The van der Waals surface area contributed by atoms with Crippen LogP contribution in [0.4, 0.5) is 0 Å². The van der Waals surface area contributed by atoms with Crippen molar-refractivity contribution >= 4 is 10.8 Å². The van der Waals surface area contributed by atoms with Crippen LogP contribution in [0.25, 0.3) is 0 Å². The number of rotatable bonds is 5. The Hall–Kier alpha value is -0.310. The summed E-state index contributed by atoms with van der Waals surface area (Å²) in [5, 5.41) is 0.439. The molecule has 0 N–H and O–H groups in total. The van der Waals surface area contributed by atoms with Crippen LogP contribution in [-0.2, 0) is 15.5 Å². The molecule has 0 aromatic rings. The maximum absolute atomic E-state index is 11.6. The Bertz CT molecular complexity index is 232. The third-order valence-electron chi connectivity index (χ3n) is 2.60. The summed E-state index contributed by atoms with van der Waals surface area (Å²) < 4.78 is 17.0. The van der Waals surface area contributed by atoms with Crippen molar-refractivity contribution in [3.05, 3.63) is 11.8 Å². The Kier molecular flexibility index (Phi) is 5.99. The monoisotopic (exact) mass is 230 g/mol. The van der Waals surface area contributed by atoms with Gasteiger partial charge in [0.2, 0.25) is 0 Å². The average Bonchev–Trinajstić information content (AvgIpc) is 2.20. The molecule has 2 nitrogen and oxygen atoms in total. The summed E-state index contributed by atoms with van der Waals surface area (Å²) in [6, 6.07) is 0. The second kappa shape index (κ2) is 7.04. The molecule has 88 valence electrons. The lowest BCUT2D eigenvalue weighted by molar-refractivity contribution is 0.238. The van der Waals surface area contributed by atoms with E-state index in [1.165, 1.54) is 12.0 Å². The predicted molar refractivity (Wildman–Crippen MR) is 65.3 cm³/mol. The van der Waals surface area contributed by atoms with E-state index < -0.39 is 10.8 Å². The molecule has 0 aromatic carbocycles. The maximum atomic E-state index is 11.6. The van der Waals surface area contributed by atoms with Crippen LogP contribution in [0.15, 0.2) is 11.8 Å². The molecule has 2 unspecified atom stereocenters. The fraction of sp³-hybridized carbons (Fsp3) is 0.833. The van der Waals surface area contributed by atoms with Crippen LogP contribution < -0.4 is 0 Å². The third kappa shape index (κ3) is 5.36. The summed E-state index contributed by atoms with van der Waals surface area (Å²) >= 11 is 0. The average molecular weight is 230 g/mol. The van der Waals surface area contributed by atoms with E-state index in [1.807, 2.05) is 13.8 Å². The summed E-state index contributed by atoms with van der Waals surface area (Å²) in [4.78, 5) is 0. The smallest absolute Gasteiger partial charge is 0.0873 e. The minimum absolute atomic E-state index is 0.439. The van der Waals surface area contributed by atoms with Gasteiger partial charge in [0.05, 0.1) is 12.9 Å². The van der Waals surface area contributed by atoms with Gasteiger partial charge in [-0.25, -0.2) is 0 Å². The molecular weight excluding hydrogens is 208 g/mol. The van der Waals surface area contributed by atoms with Crippen molar-refractivity contribution in [3.8, 4) is 0 Å². The van der Waals surface area contributed by atoms with Crippen LogP contribution in [0.3, 0.4) is 0 Å². The van der Waals surface area contributed by atoms with Gasteiger partial charge >= 0.3 is 0 Å². The lowest BCUT2D eigenvalue weighted by atomic mass is 10.1. The molecule has 0 aliphatic carbocycles. The van der Waals surface area contributed by atoms with E-state index in [-0.39, 0.29) is 0 Å². The highest BCUT2D eigenvalue weighted by molar-refractivity contribution is 7.85. The van der Waals surface area contributed by atoms with Crippen LogP contribution in [0.2, 0.25) is 0 Å². The number of allylic oxidation sites excluding steroid dienone is 1. The molecule has 0 radical (unpaired) electrons. The maximum Gasteiger partial charge on any atom is 0.0873 e. The van der Waals surface area contributed by atoms with Crippen LogP contribution in [0.1, 0.15) is 46.0 Å². The van der Waals surface area contributed by atoms with Gasteiger partial charge in [-0.15, -0.1) is 0 Å². The molecule has 1 fully saturated rings. The zero-order valence-electron chi connectivity index (χ0n) is 9.83. The highest BCUT2D eigenvalue weighted by Gasteiger charge is 2.19. The lowest BCUT2D eigenvalue weighted by Crippen LogP contribution is -2.22. The molecule has 15 heavy (non-hydrogen) atoms. The standard InChI is InChI=1S/C12H22O2S/c1-11(2)10-14-8-5-7-12-6-3-4-9-15(12)13/h10,12H,3-9H2,1-2H3. The van der Waals surface area contributed by atoms with Crippen LogP contribution >= 0.6 is 0 Å². The summed E-state index contributed by atoms with van der Waals surface area (Å²) in [5.74, 6) is 0.916. The van der Waals surface area contributed by atoms with Crippen molar-refractivity contribution in [2.24, 2.45) is 0 Å². The highest BCUT2D eigenvalue weighted by atomic mass is 32.2. The van der Waals surface area contributed by atoms with Gasteiger partial charge in [-0.2, -0.15) is 0 Å². The number of ether oxygens (including phenoxy) is 1. The Morgan fingerprint density at radius 3 is 2.93 bits per heavy atom. The van der Waals surface area contributed by atoms with E-state index in [0.29, 0.717) is 5.25 Å². The van der Waals surface area contributed by atoms with Gasteiger partial charge in [-0.1, -0.05) is 6.42 Å². The lowest BCUT2D eigenvalue weighted by Gasteiger charge is -2.20. The largest absolute Gasteiger partial charge is 0.501 e. The molecule has 1 rings (SSSR count). The predicted octanol–water partition coefficient (Wildman–Crippen LogP) is 3.01. The number of hydrogen-bond donors (Lipinski definition) is 0. The van der Waals surface area contributed by atoms with E-state index in [2.05, 4.69) is 0 Å². The molecule has 0 amide bonds. The Morgan fingerprint density at radius 1 is 1.47 bits per heavy atom. The molecule has 2 atom stereocenters. The van der Waals surface area contributed by atoms with Crippen molar-refractivity contribution in [1.82, 2.24) is 0 Å². The van der Waals surface area contributed by atoms with Gasteiger partial charge < -0.3 is 4.74 Å². The Morgan fingerprint density at radius 2 is 2.27 bits per heavy atom. The quantitative estimate of drug-likeness (QED) is 0.536. The molecule has 0 saturated carbocycles.